The van der Waals surface area contributed by atoms with E-state index in [1.165, 1.54) is 18.2 Å². The minimum Gasteiger partial charge on any atom is -0.328 e. The molecule has 0 radical (unpaired) electrons. The van der Waals surface area contributed by atoms with E-state index in [2.05, 4.69) is 5.32 Å². The fraction of sp³-hybridized carbons (Fsp3) is 0.417. The molecule has 0 heterocycles. The van der Waals surface area contributed by atoms with Gasteiger partial charge in [0.05, 0.1) is 15.6 Å². The highest BCUT2D eigenvalue weighted by atomic mass is 35.5. The van der Waals surface area contributed by atoms with Crippen LogP contribution in [-0.4, -0.2) is 16.9 Å². The molecule has 102 valence electrons. The number of nitrogens with zero attached hydrogens (tertiary/aromatic N) is 1. The van der Waals surface area contributed by atoms with Gasteiger partial charge in [0.1, 0.15) is 0 Å². The molecule has 6 nitrogen and oxygen atoms in total. The second-order valence-corrected chi connectivity index (χ2v) is 5.09. The summed E-state index contributed by atoms with van der Waals surface area (Å²) < 4.78 is 0. The van der Waals surface area contributed by atoms with E-state index in [0.29, 0.717) is 12.1 Å². The highest BCUT2D eigenvalue weighted by Gasteiger charge is 2.28. The van der Waals surface area contributed by atoms with Gasteiger partial charge in [-0.2, -0.15) is 0 Å². The Bertz CT molecular complexity index is 521. The third kappa shape index (κ3) is 3.21. The molecule has 7 heteroatoms. The average Bonchev–Trinajstić information content (AvgIpc) is 2.78. The number of rotatable bonds is 3. The van der Waals surface area contributed by atoms with Gasteiger partial charge in [0.15, 0.2) is 0 Å². The highest BCUT2D eigenvalue weighted by molar-refractivity contribution is 6.34. The molecule has 1 aliphatic carbocycles. The zero-order chi connectivity index (χ0) is 14.0. The number of nitro benzene ring substituents is 1. The predicted molar refractivity (Wildman–Crippen MR) is 72.1 cm³/mol. The van der Waals surface area contributed by atoms with Gasteiger partial charge < -0.3 is 11.1 Å². The van der Waals surface area contributed by atoms with E-state index in [9.17, 15) is 14.9 Å². The van der Waals surface area contributed by atoms with E-state index in [-0.39, 0.29) is 28.6 Å². The van der Waals surface area contributed by atoms with Gasteiger partial charge in [-0.05, 0) is 25.3 Å². The van der Waals surface area contributed by atoms with Gasteiger partial charge in [-0.15, -0.1) is 0 Å². The highest BCUT2D eigenvalue weighted by Crippen LogP contribution is 2.29. The van der Waals surface area contributed by atoms with Crippen molar-refractivity contribution < 1.29 is 9.72 Å². The van der Waals surface area contributed by atoms with E-state index in [0.717, 1.165) is 12.8 Å². The molecule has 0 aliphatic heterocycles. The number of hydrogen-bond donors (Lipinski definition) is 2. The maximum atomic E-state index is 12.0. The number of carbonyl (C=O) groups excluding carboxylic acids is 1. The number of nitrogens with one attached hydrogen (secondary N) is 1. The van der Waals surface area contributed by atoms with Crippen molar-refractivity contribution >= 4 is 28.9 Å². The average molecular weight is 284 g/mol. The van der Waals surface area contributed by atoms with Crippen molar-refractivity contribution in [2.75, 3.05) is 5.32 Å². The smallest absolute Gasteiger partial charge is 0.271 e. The minimum atomic E-state index is -0.534. The molecule has 3 N–H and O–H groups in total. The lowest BCUT2D eigenvalue weighted by atomic mass is 10.1. The minimum absolute atomic E-state index is 0.0723. The Morgan fingerprint density at radius 1 is 1.47 bits per heavy atom. The van der Waals surface area contributed by atoms with Crippen LogP contribution in [0, 0.1) is 16.0 Å². The molecule has 1 fully saturated rings. The fourth-order valence-corrected chi connectivity index (χ4v) is 2.43. The maximum Gasteiger partial charge on any atom is 0.271 e. The van der Waals surface area contributed by atoms with E-state index >= 15 is 0 Å². The Morgan fingerprint density at radius 3 is 2.74 bits per heavy atom. The first kappa shape index (κ1) is 13.8. The van der Waals surface area contributed by atoms with Crippen LogP contribution in [0.25, 0.3) is 0 Å². The number of anilines is 1. The lowest BCUT2D eigenvalue weighted by molar-refractivity contribution is -0.384. The van der Waals surface area contributed by atoms with Crippen LogP contribution in [0.5, 0.6) is 0 Å². The van der Waals surface area contributed by atoms with E-state index in [1.54, 1.807) is 0 Å². The normalized spacial score (nSPS) is 22.2. The van der Waals surface area contributed by atoms with Crippen LogP contribution >= 0.6 is 11.6 Å². The first-order valence-corrected chi connectivity index (χ1v) is 6.35. The number of non-ortho nitro benzene ring substituents is 1. The standard InChI is InChI=1S/C12H14ClN3O3/c13-10-6-9(16(18)19)3-4-11(10)15-12(17)7-1-2-8(14)5-7/h3-4,6-8H,1-2,5,14H2,(H,15,17). The summed E-state index contributed by atoms with van der Waals surface area (Å²) in [6, 6.07) is 4.04. The van der Waals surface area contributed by atoms with Crippen molar-refractivity contribution in [2.45, 2.75) is 25.3 Å². The van der Waals surface area contributed by atoms with Gasteiger partial charge in [0, 0.05) is 24.1 Å². The summed E-state index contributed by atoms with van der Waals surface area (Å²) in [6.07, 6.45) is 2.26. The second-order valence-electron chi connectivity index (χ2n) is 4.68. The summed E-state index contributed by atoms with van der Waals surface area (Å²) in [5.41, 5.74) is 6.04. The molecule has 0 bridgehead atoms. The van der Waals surface area contributed by atoms with Crippen molar-refractivity contribution in [1.29, 1.82) is 0 Å². The van der Waals surface area contributed by atoms with Crippen LogP contribution in [0.4, 0.5) is 11.4 Å². The molecule has 1 aliphatic rings. The number of nitro groups is 1. The van der Waals surface area contributed by atoms with Crippen LogP contribution in [-0.2, 0) is 4.79 Å². The van der Waals surface area contributed by atoms with Crippen LogP contribution in [0.2, 0.25) is 5.02 Å². The molecular formula is C12H14ClN3O3. The zero-order valence-corrected chi connectivity index (χ0v) is 10.9. The Hall–Kier alpha value is -1.66. The monoisotopic (exact) mass is 283 g/mol. The summed E-state index contributed by atoms with van der Waals surface area (Å²) in [4.78, 5) is 22.0. The van der Waals surface area contributed by atoms with Crippen LogP contribution < -0.4 is 11.1 Å². The number of nitrogens with two attached hydrogens (primary N) is 1. The fourth-order valence-electron chi connectivity index (χ4n) is 2.21. The van der Waals surface area contributed by atoms with Crippen molar-refractivity contribution in [2.24, 2.45) is 11.7 Å². The van der Waals surface area contributed by atoms with Gasteiger partial charge >= 0.3 is 0 Å². The molecule has 1 saturated carbocycles. The van der Waals surface area contributed by atoms with Gasteiger partial charge in [-0.1, -0.05) is 11.6 Å². The topological polar surface area (TPSA) is 98.3 Å². The van der Waals surface area contributed by atoms with Crippen molar-refractivity contribution in [3.63, 3.8) is 0 Å². The molecule has 1 aromatic rings. The van der Waals surface area contributed by atoms with Crippen molar-refractivity contribution in [3.8, 4) is 0 Å². The first-order valence-electron chi connectivity index (χ1n) is 5.97. The number of halogens is 1. The van der Waals surface area contributed by atoms with Crippen molar-refractivity contribution in [3.05, 3.63) is 33.3 Å². The Kier molecular flexibility index (Phi) is 4.01. The lowest BCUT2D eigenvalue weighted by Crippen LogP contribution is -2.23. The molecule has 0 aromatic heterocycles. The SMILES string of the molecule is NC1CCC(C(=O)Nc2ccc([N+](=O)[O-])cc2Cl)C1. The van der Waals surface area contributed by atoms with Crippen LogP contribution in [0.15, 0.2) is 18.2 Å². The van der Waals surface area contributed by atoms with Gasteiger partial charge in [-0.25, -0.2) is 0 Å². The number of amides is 1. The molecule has 2 unspecified atom stereocenters. The summed E-state index contributed by atoms with van der Waals surface area (Å²) in [5, 5.41) is 13.4. The molecule has 1 amide bonds. The molecule has 2 atom stereocenters. The zero-order valence-electron chi connectivity index (χ0n) is 10.1. The lowest BCUT2D eigenvalue weighted by Gasteiger charge is -2.11. The summed E-state index contributed by atoms with van der Waals surface area (Å²) in [6.45, 7) is 0. The molecule has 1 aromatic carbocycles. The van der Waals surface area contributed by atoms with E-state index in [4.69, 9.17) is 17.3 Å². The Morgan fingerprint density at radius 2 is 2.21 bits per heavy atom. The third-order valence-corrected chi connectivity index (χ3v) is 3.58. The Balaban J connectivity index is 2.07. The van der Waals surface area contributed by atoms with Gasteiger partial charge in [0.25, 0.3) is 5.69 Å². The van der Waals surface area contributed by atoms with Crippen LogP contribution in [0.3, 0.4) is 0 Å². The van der Waals surface area contributed by atoms with E-state index < -0.39 is 4.92 Å². The summed E-state index contributed by atoms with van der Waals surface area (Å²) >= 11 is 5.91. The summed E-state index contributed by atoms with van der Waals surface area (Å²) in [7, 11) is 0. The number of carbonyl (C=O) groups is 1. The van der Waals surface area contributed by atoms with Crippen LogP contribution in [0.1, 0.15) is 19.3 Å². The summed E-state index contributed by atoms with van der Waals surface area (Å²) in [5.74, 6) is -0.245. The largest absolute Gasteiger partial charge is 0.328 e. The maximum absolute atomic E-state index is 12.0. The molecule has 0 saturated heterocycles. The molecule has 2 rings (SSSR count). The van der Waals surface area contributed by atoms with E-state index in [1.807, 2.05) is 0 Å². The van der Waals surface area contributed by atoms with Gasteiger partial charge in [-0.3, -0.25) is 14.9 Å². The van der Waals surface area contributed by atoms with Crippen molar-refractivity contribution in [1.82, 2.24) is 0 Å². The predicted octanol–water partition coefficient (Wildman–Crippen LogP) is 2.31. The molecule has 0 spiro atoms. The van der Waals surface area contributed by atoms with Gasteiger partial charge in [0.2, 0.25) is 5.91 Å². The number of hydrogen-bond acceptors (Lipinski definition) is 4. The molecule has 19 heavy (non-hydrogen) atoms. The quantitative estimate of drug-likeness (QED) is 0.657. The first-order chi connectivity index (χ1) is 8.97. The molecular weight excluding hydrogens is 270 g/mol. The second kappa shape index (κ2) is 5.54. The number of benzene rings is 1. The third-order valence-electron chi connectivity index (χ3n) is 3.27. The Labute approximate surface area is 115 Å².